The number of amides is 1. The van der Waals surface area contributed by atoms with Gasteiger partial charge in [0.25, 0.3) is 0 Å². The molecule has 0 atom stereocenters. The molecular formula is C15H12ClN3O. The van der Waals surface area contributed by atoms with Gasteiger partial charge < -0.3 is 10.3 Å². The van der Waals surface area contributed by atoms with Crippen LogP contribution in [-0.2, 0) is 11.2 Å². The van der Waals surface area contributed by atoms with Gasteiger partial charge in [-0.15, -0.1) is 0 Å². The highest BCUT2D eigenvalue weighted by Crippen LogP contribution is 2.20. The number of benzene rings is 1. The molecule has 0 bridgehead atoms. The number of aromatic nitrogens is 2. The molecule has 0 aliphatic rings. The molecule has 100 valence electrons. The second-order valence-electron chi connectivity index (χ2n) is 4.43. The smallest absolute Gasteiger partial charge is 0.228 e. The molecule has 0 fully saturated rings. The van der Waals surface area contributed by atoms with Gasteiger partial charge in [-0.05, 0) is 23.8 Å². The molecule has 2 N–H and O–H groups in total. The van der Waals surface area contributed by atoms with E-state index in [0.717, 1.165) is 16.5 Å². The van der Waals surface area contributed by atoms with Crippen LogP contribution in [0.1, 0.15) is 5.56 Å². The molecule has 3 aromatic rings. The molecule has 3 rings (SSSR count). The highest BCUT2D eigenvalue weighted by atomic mass is 35.5. The van der Waals surface area contributed by atoms with E-state index in [-0.39, 0.29) is 12.3 Å². The number of anilines is 1. The average Bonchev–Trinajstić information content (AvgIpc) is 2.85. The second kappa shape index (κ2) is 5.35. The molecule has 1 aromatic carbocycles. The van der Waals surface area contributed by atoms with Crippen molar-refractivity contribution >= 4 is 34.1 Å². The quantitative estimate of drug-likeness (QED) is 0.725. The summed E-state index contributed by atoms with van der Waals surface area (Å²) < 4.78 is 0. The molecule has 5 heteroatoms. The Morgan fingerprint density at radius 3 is 2.95 bits per heavy atom. The van der Waals surface area contributed by atoms with E-state index in [1.54, 1.807) is 18.3 Å². The number of nitrogens with one attached hydrogen (secondary N) is 2. The van der Waals surface area contributed by atoms with Gasteiger partial charge in [-0.3, -0.25) is 4.79 Å². The minimum atomic E-state index is -0.121. The molecule has 2 aromatic heterocycles. The van der Waals surface area contributed by atoms with Crippen LogP contribution >= 0.6 is 11.6 Å². The van der Waals surface area contributed by atoms with E-state index in [2.05, 4.69) is 15.3 Å². The Kier molecular flexibility index (Phi) is 3.39. The topological polar surface area (TPSA) is 57.8 Å². The van der Waals surface area contributed by atoms with E-state index in [1.807, 2.05) is 30.5 Å². The predicted octanol–water partition coefficient (Wildman–Crippen LogP) is 3.40. The lowest BCUT2D eigenvalue weighted by Gasteiger charge is -2.05. The molecule has 4 nitrogen and oxygen atoms in total. The minimum Gasteiger partial charge on any atom is -0.361 e. The van der Waals surface area contributed by atoms with Gasteiger partial charge in [0, 0.05) is 23.3 Å². The van der Waals surface area contributed by atoms with Crippen LogP contribution in [0.2, 0.25) is 5.15 Å². The van der Waals surface area contributed by atoms with Crippen LogP contribution in [-0.4, -0.2) is 15.9 Å². The van der Waals surface area contributed by atoms with E-state index in [4.69, 9.17) is 11.6 Å². The van der Waals surface area contributed by atoms with E-state index in [0.29, 0.717) is 10.8 Å². The summed E-state index contributed by atoms with van der Waals surface area (Å²) in [6.07, 6.45) is 3.72. The molecule has 0 radical (unpaired) electrons. The summed E-state index contributed by atoms with van der Waals surface area (Å²) in [6, 6.07) is 11.3. The zero-order valence-electron chi connectivity index (χ0n) is 10.6. The molecule has 0 spiro atoms. The van der Waals surface area contributed by atoms with E-state index in [1.165, 1.54) is 0 Å². The van der Waals surface area contributed by atoms with Gasteiger partial charge in [0.05, 0.1) is 12.1 Å². The third-order valence-electron chi connectivity index (χ3n) is 3.06. The Morgan fingerprint density at radius 1 is 1.25 bits per heavy atom. The van der Waals surface area contributed by atoms with Crippen molar-refractivity contribution in [1.29, 1.82) is 0 Å². The van der Waals surface area contributed by atoms with Crippen molar-refractivity contribution in [2.24, 2.45) is 0 Å². The van der Waals surface area contributed by atoms with Gasteiger partial charge >= 0.3 is 0 Å². The summed E-state index contributed by atoms with van der Waals surface area (Å²) in [6.45, 7) is 0. The number of hydrogen-bond acceptors (Lipinski definition) is 2. The highest BCUT2D eigenvalue weighted by Gasteiger charge is 2.10. The molecule has 0 aliphatic carbocycles. The lowest BCUT2D eigenvalue weighted by molar-refractivity contribution is -0.115. The summed E-state index contributed by atoms with van der Waals surface area (Å²) in [5.41, 5.74) is 2.51. The molecule has 0 unspecified atom stereocenters. The van der Waals surface area contributed by atoms with Gasteiger partial charge in [0.1, 0.15) is 0 Å². The summed E-state index contributed by atoms with van der Waals surface area (Å²) in [4.78, 5) is 19.1. The van der Waals surface area contributed by atoms with Crippen molar-refractivity contribution in [2.75, 3.05) is 5.32 Å². The van der Waals surface area contributed by atoms with Crippen LogP contribution in [0, 0.1) is 0 Å². The first-order valence-electron chi connectivity index (χ1n) is 6.19. The Bertz CT molecular complexity index is 766. The van der Waals surface area contributed by atoms with Crippen LogP contribution in [0.5, 0.6) is 0 Å². The zero-order chi connectivity index (χ0) is 13.9. The Hall–Kier alpha value is -2.33. The van der Waals surface area contributed by atoms with Crippen molar-refractivity contribution in [3.8, 4) is 0 Å². The molecule has 0 saturated heterocycles. The zero-order valence-corrected chi connectivity index (χ0v) is 11.3. The lowest BCUT2D eigenvalue weighted by Crippen LogP contribution is -2.14. The number of H-pyrrole nitrogens is 1. The number of halogens is 1. The summed E-state index contributed by atoms with van der Waals surface area (Å²) >= 11 is 5.91. The highest BCUT2D eigenvalue weighted by molar-refractivity contribution is 6.32. The third kappa shape index (κ3) is 2.51. The summed E-state index contributed by atoms with van der Waals surface area (Å²) in [7, 11) is 0. The lowest BCUT2D eigenvalue weighted by atomic mass is 10.1. The summed E-state index contributed by atoms with van der Waals surface area (Å²) in [5.74, 6) is -0.121. The van der Waals surface area contributed by atoms with Gasteiger partial charge in [0.15, 0.2) is 5.15 Å². The molecule has 2 heterocycles. The van der Waals surface area contributed by atoms with Crippen LogP contribution < -0.4 is 5.32 Å². The third-order valence-corrected chi connectivity index (χ3v) is 3.36. The standard InChI is InChI=1S/C15H12ClN3O/c16-15-13(6-3-7-17-15)19-14(20)8-10-9-18-12-5-2-1-4-11(10)12/h1-7,9,18H,8H2,(H,19,20). The SMILES string of the molecule is O=C(Cc1c[nH]c2ccccc12)Nc1cccnc1Cl. The number of aromatic amines is 1. The van der Waals surface area contributed by atoms with Crippen molar-refractivity contribution in [2.45, 2.75) is 6.42 Å². The van der Waals surface area contributed by atoms with Crippen LogP contribution in [0.15, 0.2) is 48.8 Å². The van der Waals surface area contributed by atoms with E-state index in [9.17, 15) is 4.79 Å². The first-order chi connectivity index (χ1) is 9.74. The molecule has 1 amide bonds. The van der Waals surface area contributed by atoms with Crippen LogP contribution in [0.25, 0.3) is 10.9 Å². The first-order valence-corrected chi connectivity index (χ1v) is 6.57. The van der Waals surface area contributed by atoms with E-state index >= 15 is 0 Å². The number of hydrogen-bond donors (Lipinski definition) is 2. The average molecular weight is 286 g/mol. The van der Waals surface area contributed by atoms with Crippen LogP contribution in [0.4, 0.5) is 5.69 Å². The van der Waals surface area contributed by atoms with Crippen molar-refractivity contribution in [3.63, 3.8) is 0 Å². The Morgan fingerprint density at radius 2 is 2.10 bits per heavy atom. The number of nitrogens with zero attached hydrogens (tertiary/aromatic N) is 1. The van der Waals surface area contributed by atoms with Crippen molar-refractivity contribution in [3.05, 3.63) is 59.5 Å². The van der Waals surface area contributed by atoms with Crippen molar-refractivity contribution < 1.29 is 4.79 Å². The fraction of sp³-hybridized carbons (Fsp3) is 0.0667. The maximum absolute atomic E-state index is 12.1. The monoisotopic (exact) mass is 285 g/mol. The first kappa shape index (κ1) is 12.7. The van der Waals surface area contributed by atoms with Gasteiger partial charge in [-0.25, -0.2) is 4.98 Å². The van der Waals surface area contributed by atoms with Crippen molar-refractivity contribution in [1.82, 2.24) is 9.97 Å². The number of carbonyl (C=O) groups is 1. The maximum atomic E-state index is 12.1. The molecular weight excluding hydrogens is 274 g/mol. The number of pyridine rings is 1. The molecule has 0 aliphatic heterocycles. The molecule has 20 heavy (non-hydrogen) atoms. The van der Waals surface area contributed by atoms with Gasteiger partial charge in [-0.1, -0.05) is 29.8 Å². The Balaban J connectivity index is 1.78. The van der Waals surface area contributed by atoms with Crippen LogP contribution in [0.3, 0.4) is 0 Å². The molecule has 0 saturated carbocycles. The largest absolute Gasteiger partial charge is 0.361 e. The minimum absolute atomic E-state index is 0.121. The predicted molar refractivity (Wildman–Crippen MR) is 79.9 cm³/mol. The number of rotatable bonds is 3. The number of fused-ring (bicyclic) bond motifs is 1. The normalized spacial score (nSPS) is 10.7. The fourth-order valence-corrected chi connectivity index (χ4v) is 2.29. The number of para-hydroxylation sites is 1. The second-order valence-corrected chi connectivity index (χ2v) is 4.78. The fourth-order valence-electron chi connectivity index (χ4n) is 2.12. The van der Waals surface area contributed by atoms with Gasteiger partial charge in [-0.2, -0.15) is 0 Å². The Labute approximate surface area is 120 Å². The summed E-state index contributed by atoms with van der Waals surface area (Å²) in [5, 5.41) is 4.11. The van der Waals surface area contributed by atoms with Gasteiger partial charge in [0.2, 0.25) is 5.91 Å². The maximum Gasteiger partial charge on any atom is 0.228 e. The van der Waals surface area contributed by atoms with E-state index < -0.39 is 0 Å². The number of carbonyl (C=O) groups excluding carboxylic acids is 1.